The van der Waals surface area contributed by atoms with Gasteiger partial charge in [-0.15, -0.1) is 28.2 Å². The monoisotopic (exact) mass is 276 g/mol. The van der Waals surface area contributed by atoms with E-state index in [-0.39, 0.29) is 0 Å². The molecule has 0 radical (unpaired) electrons. The van der Waals surface area contributed by atoms with Crippen molar-refractivity contribution in [3.05, 3.63) is 29.6 Å². The van der Waals surface area contributed by atoms with Crippen LogP contribution in [0.25, 0.3) is 16.3 Å². The van der Waals surface area contributed by atoms with Gasteiger partial charge < -0.3 is 5.73 Å². The Hall–Kier alpha value is -1.53. The van der Waals surface area contributed by atoms with E-state index in [0.29, 0.717) is 5.82 Å². The fourth-order valence-electron chi connectivity index (χ4n) is 1.69. The van der Waals surface area contributed by atoms with Gasteiger partial charge in [0.05, 0.1) is 0 Å². The Morgan fingerprint density at radius 2 is 2.11 bits per heavy atom. The number of thiazole rings is 1. The van der Waals surface area contributed by atoms with Crippen LogP contribution >= 0.6 is 23.1 Å². The third-order valence-electron chi connectivity index (χ3n) is 2.53. The van der Waals surface area contributed by atoms with Gasteiger partial charge >= 0.3 is 0 Å². The van der Waals surface area contributed by atoms with Crippen LogP contribution in [0, 0.1) is 0 Å². The van der Waals surface area contributed by atoms with E-state index in [9.17, 15) is 0 Å². The maximum Gasteiger partial charge on any atom is 0.214 e. The Labute approximate surface area is 113 Å². The normalized spacial score (nSPS) is 11.2. The summed E-state index contributed by atoms with van der Waals surface area (Å²) >= 11 is 3.33. The number of nitrogens with two attached hydrogens (primary N) is 1. The number of hydrogen-bond donors (Lipinski definition) is 1. The highest BCUT2D eigenvalue weighted by Gasteiger charge is 2.09. The minimum atomic E-state index is 0.631. The largest absolute Gasteiger partial charge is 0.383 e. The van der Waals surface area contributed by atoms with Gasteiger partial charge in [-0.3, -0.25) is 0 Å². The van der Waals surface area contributed by atoms with Gasteiger partial charge in [-0.1, -0.05) is 19.1 Å². The van der Waals surface area contributed by atoms with E-state index in [2.05, 4.69) is 29.1 Å². The molecule has 0 unspecified atom stereocenters. The van der Waals surface area contributed by atoms with Gasteiger partial charge in [-0.2, -0.15) is 9.50 Å². The van der Waals surface area contributed by atoms with Gasteiger partial charge in [-0.05, 0) is 17.9 Å². The Kier molecular flexibility index (Phi) is 2.97. The number of rotatable bonds is 3. The van der Waals surface area contributed by atoms with Crippen molar-refractivity contribution in [2.24, 2.45) is 0 Å². The molecule has 0 atom stereocenters. The molecule has 4 nitrogen and oxygen atoms in total. The summed E-state index contributed by atoms with van der Waals surface area (Å²) in [5.74, 6) is 2.43. The standard InChI is InChI=1S/C12H12N4S2/c1-2-17-9-5-3-8(4-6-9)11-14-12-16(15-11)10(13)7-18-12/h3-7H,2,13H2,1H3. The minimum Gasteiger partial charge on any atom is -0.383 e. The molecule has 0 saturated carbocycles. The van der Waals surface area contributed by atoms with E-state index < -0.39 is 0 Å². The molecule has 0 aliphatic carbocycles. The number of anilines is 1. The molecule has 0 amide bonds. The number of aromatic nitrogens is 3. The van der Waals surface area contributed by atoms with E-state index >= 15 is 0 Å². The van der Waals surface area contributed by atoms with Crippen molar-refractivity contribution in [2.75, 3.05) is 11.5 Å². The topological polar surface area (TPSA) is 56.2 Å². The molecule has 18 heavy (non-hydrogen) atoms. The number of hydrogen-bond acceptors (Lipinski definition) is 5. The predicted octanol–water partition coefficient (Wildman–Crippen LogP) is 3.15. The lowest BCUT2D eigenvalue weighted by Crippen LogP contribution is -1.92. The first-order chi connectivity index (χ1) is 8.78. The summed E-state index contributed by atoms with van der Waals surface area (Å²) in [5.41, 5.74) is 6.82. The summed E-state index contributed by atoms with van der Waals surface area (Å²) in [6, 6.07) is 8.30. The second-order valence-electron chi connectivity index (χ2n) is 3.75. The predicted molar refractivity (Wildman–Crippen MR) is 77.1 cm³/mol. The molecule has 92 valence electrons. The maximum atomic E-state index is 5.80. The van der Waals surface area contributed by atoms with Gasteiger partial charge in [0.25, 0.3) is 0 Å². The van der Waals surface area contributed by atoms with Crippen molar-refractivity contribution in [1.82, 2.24) is 14.6 Å². The molecule has 3 aromatic rings. The smallest absolute Gasteiger partial charge is 0.214 e. The van der Waals surface area contributed by atoms with Crippen LogP contribution in [0.5, 0.6) is 0 Å². The molecule has 0 bridgehead atoms. The van der Waals surface area contributed by atoms with E-state index in [4.69, 9.17) is 5.73 Å². The van der Waals surface area contributed by atoms with Crippen molar-refractivity contribution < 1.29 is 0 Å². The van der Waals surface area contributed by atoms with Crippen molar-refractivity contribution >= 4 is 33.9 Å². The van der Waals surface area contributed by atoms with Crippen LogP contribution in [0.4, 0.5) is 5.82 Å². The lowest BCUT2D eigenvalue weighted by atomic mass is 10.2. The van der Waals surface area contributed by atoms with Crippen LogP contribution in [-0.4, -0.2) is 20.4 Å². The fraction of sp³-hybridized carbons (Fsp3) is 0.167. The Balaban J connectivity index is 1.97. The highest BCUT2D eigenvalue weighted by atomic mass is 32.2. The molecule has 2 aromatic heterocycles. The fourth-order valence-corrected chi connectivity index (χ4v) is 3.07. The molecule has 0 aliphatic heterocycles. The molecule has 0 saturated heterocycles. The SMILES string of the molecule is CCSc1ccc(-c2nc3scc(N)n3n2)cc1. The zero-order valence-electron chi connectivity index (χ0n) is 9.83. The summed E-state index contributed by atoms with van der Waals surface area (Å²) in [5, 5.41) is 6.25. The van der Waals surface area contributed by atoms with E-state index in [1.54, 1.807) is 4.52 Å². The van der Waals surface area contributed by atoms with Crippen LogP contribution in [0.3, 0.4) is 0 Å². The van der Waals surface area contributed by atoms with Crippen LogP contribution < -0.4 is 5.73 Å². The Morgan fingerprint density at radius 1 is 1.33 bits per heavy atom. The number of fused-ring (bicyclic) bond motifs is 1. The van der Waals surface area contributed by atoms with E-state index in [0.717, 1.165) is 22.1 Å². The first-order valence-electron chi connectivity index (χ1n) is 5.61. The van der Waals surface area contributed by atoms with Crippen LogP contribution in [0.1, 0.15) is 6.92 Å². The molecule has 1 aromatic carbocycles. The third kappa shape index (κ3) is 1.97. The Bertz CT molecular complexity index is 669. The molecular weight excluding hydrogens is 264 g/mol. The zero-order valence-corrected chi connectivity index (χ0v) is 11.5. The molecule has 0 aliphatic rings. The molecule has 2 heterocycles. The van der Waals surface area contributed by atoms with E-state index in [1.807, 2.05) is 29.3 Å². The van der Waals surface area contributed by atoms with Gasteiger partial charge in [0.2, 0.25) is 4.96 Å². The van der Waals surface area contributed by atoms with Crippen molar-refractivity contribution in [3.63, 3.8) is 0 Å². The number of nitrogen functional groups attached to an aromatic ring is 1. The zero-order chi connectivity index (χ0) is 12.5. The van der Waals surface area contributed by atoms with Gasteiger partial charge in [-0.25, -0.2) is 0 Å². The average molecular weight is 276 g/mol. The minimum absolute atomic E-state index is 0.631. The molecule has 0 spiro atoms. The quantitative estimate of drug-likeness (QED) is 0.747. The summed E-state index contributed by atoms with van der Waals surface area (Å²) in [4.78, 5) is 6.56. The maximum absolute atomic E-state index is 5.80. The first kappa shape index (κ1) is 11.6. The number of benzene rings is 1. The molecule has 0 fully saturated rings. The lowest BCUT2D eigenvalue weighted by molar-refractivity contribution is 0.993. The van der Waals surface area contributed by atoms with Crippen molar-refractivity contribution in [1.29, 1.82) is 0 Å². The van der Waals surface area contributed by atoms with Crippen molar-refractivity contribution in [3.8, 4) is 11.4 Å². The lowest BCUT2D eigenvalue weighted by Gasteiger charge is -1.99. The van der Waals surface area contributed by atoms with E-state index in [1.165, 1.54) is 16.2 Å². The van der Waals surface area contributed by atoms with Gasteiger partial charge in [0.15, 0.2) is 5.82 Å². The molecule has 6 heteroatoms. The second-order valence-corrected chi connectivity index (χ2v) is 5.92. The molecular formula is C12H12N4S2. The van der Waals surface area contributed by atoms with Gasteiger partial charge in [0.1, 0.15) is 5.82 Å². The molecule has 2 N–H and O–H groups in total. The average Bonchev–Trinajstić information content (AvgIpc) is 2.94. The second kappa shape index (κ2) is 4.62. The summed E-state index contributed by atoms with van der Waals surface area (Å²) in [6.07, 6.45) is 0. The Morgan fingerprint density at radius 3 is 2.78 bits per heavy atom. The molecule has 3 rings (SSSR count). The number of nitrogens with zero attached hydrogens (tertiary/aromatic N) is 3. The highest BCUT2D eigenvalue weighted by molar-refractivity contribution is 7.99. The van der Waals surface area contributed by atoms with Crippen LogP contribution in [-0.2, 0) is 0 Å². The van der Waals surface area contributed by atoms with Crippen molar-refractivity contribution in [2.45, 2.75) is 11.8 Å². The van der Waals surface area contributed by atoms with Crippen LogP contribution in [0.15, 0.2) is 34.5 Å². The summed E-state index contributed by atoms with van der Waals surface area (Å²) in [7, 11) is 0. The highest BCUT2D eigenvalue weighted by Crippen LogP contribution is 2.24. The first-order valence-corrected chi connectivity index (χ1v) is 7.47. The summed E-state index contributed by atoms with van der Waals surface area (Å²) in [6.45, 7) is 2.15. The number of thioether (sulfide) groups is 1. The third-order valence-corrected chi connectivity index (χ3v) is 4.26. The van der Waals surface area contributed by atoms with Crippen LogP contribution in [0.2, 0.25) is 0 Å². The van der Waals surface area contributed by atoms with Gasteiger partial charge in [0, 0.05) is 15.8 Å². The summed E-state index contributed by atoms with van der Waals surface area (Å²) < 4.78 is 1.68.